The highest BCUT2D eigenvalue weighted by Gasteiger charge is 2.26. The summed E-state index contributed by atoms with van der Waals surface area (Å²) in [7, 11) is 1.82. The van der Waals surface area contributed by atoms with Gasteiger partial charge in [0.25, 0.3) is 0 Å². The summed E-state index contributed by atoms with van der Waals surface area (Å²) >= 11 is 0. The van der Waals surface area contributed by atoms with Crippen LogP contribution in [0.1, 0.15) is 41.4 Å². The van der Waals surface area contributed by atoms with Crippen molar-refractivity contribution >= 4 is 12.0 Å². The summed E-state index contributed by atoms with van der Waals surface area (Å²) in [4.78, 5) is 14.3. The number of aromatic nitrogens is 3. The van der Waals surface area contributed by atoms with Gasteiger partial charge in [0.05, 0.1) is 11.9 Å². The molecule has 0 N–H and O–H groups in total. The Hall–Kier alpha value is -3.08. The molecule has 1 aliphatic carbocycles. The van der Waals surface area contributed by atoms with Crippen molar-refractivity contribution in [1.82, 2.24) is 19.2 Å². The van der Waals surface area contributed by atoms with Gasteiger partial charge in [0.1, 0.15) is 0 Å². The highest BCUT2D eigenvalue weighted by molar-refractivity contribution is 5.91. The van der Waals surface area contributed by atoms with Crippen LogP contribution in [0.15, 0.2) is 54.9 Å². The van der Waals surface area contributed by atoms with Gasteiger partial charge in [0.15, 0.2) is 0 Å². The van der Waals surface area contributed by atoms with Gasteiger partial charge < -0.3 is 9.47 Å². The van der Waals surface area contributed by atoms with E-state index in [9.17, 15) is 4.79 Å². The molecule has 0 aliphatic heterocycles. The molecule has 0 bridgehead atoms. The van der Waals surface area contributed by atoms with Gasteiger partial charge in [-0.15, -0.1) is 0 Å². The summed E-state index contributed by atoms with van der Waals surface area (Å²) in [6.07, 6.45) is 9.90. The minimum Gasteiger partial charge on any atom is -0.346 e. The third kappa shape index (κ3) is 3.79. The van der Waals surface area contributed by atoms with Crippen molar-refractivity contribution in [3.8, 4) is 5.69 Å². The number of nitrogens with zero attached hydrogens (tertiary/aromatic N) is 4. The molecule has 0 radical (unpaired) electrons. The van der Waals surface area contributed by atoms with Crippen LogP contribution >= 0.6 is 0 Å². The molecule has 144 valence electrons. The van der Waals surface area contributed by atoms with Crippen LogP contribution in [0, 0.1) is 13.8 Å². The number of aryl methyl sites for hydroxylation is 1. The van der Waals surface area contributed by atoms with E-state index in [4.69, 9.17) is 0 Å². The number of hydrogen-bond donors (Lipinski definition) is 0. The molecule has 0 spiro atoms. The molecule has 5 nitrogen and oxygen atoms in total. The SMILES string of the molecule is Cc1cc(/C=C/C(=O)N(C)Cc2cnn(-c3ccccc3)c2)c(C)n1C1CC1. The van der Waals surface area contributed by atoms with Gasteiger partial charge in [-0.25, -0.2) is 4.68 Å². The topological polar surface area (TPSA) is 43.1 Å². The molecule has 1 fully saturated rings. The molecule has 2 aromatic heterocycles. The van der Waals surface area contributed by atoms with Gasteiger partial charge in [-0.2, -0.15) is 5.10 Å². The van der Waals surface area contributed by atoms with Crippen LogP contribution in [-0.2, 0) is 11.3 Å². The zero-order valence-electron chi connectivity index (χ0n) is 16.7. The molecule has 1 aromatic carbocycles. The second kappa shape index (κ2) is 7.50. The molecular weight excluding hydrogens is 348 g/mol. The summed E-state index contributed by atoms with van der Waals surface area (Å²) in [5, 5.41) is 4.40. The lowest BCUT2D eigenvalue weighted by Crippen LogP contribution is -2.23. The molecule has 0 unspecified atom stereocenters. The lowest BCUT2D eigenvalue weighted by molar-refractivity contribution is -0.125. The van der Waals surface area contributed by atoms with E-state index in [0.29, 0.717) is 12.6 Å². The van der Waals surface area contributed by atoms with Crippen LogP contribution in [0.5, 0.6) is 0 Å². The fourth-order valence-electron chi connectivity index (χ4n) is 3.67. The van der Waals surface area contributed by atoms with Gasteiger partial charge in [-0.05, 0) is 56.5 Å². The van der Waals surface area contributed by atoms with Crippen LogP contribution in [0.4, 0.5) is 0 Å². The Bertz CT molecular complexity index is 1010. The average Bonchev–Trinajstić information content (AvgIpc) is 3.34. The number of para-hydroxylation sites is 1. The van der Waals surface area contributed by atoms with Crippen molar-refractivity contribution in [2.75, 3.05) is 7.05 Å². The van der Waals surface area contributed by atoms with Crippen LogP contribution in [0.2, 0.25) is 0 Å². The molecule has 2 heterocycles. The predicted molar refractivity (Wildman–Crippen MR) is 111 cm³/mol. The Morgan fingerprint density at radius 2 is 2.00 bits per heavy atom. The van der Waals surface area contributed by atoms with Crippen molar-refractivity contribution in [1.29, 1.82) is 0 Å². The van der Waals surface area contributed by atoms with Gasteiger partial charge in [0, 0.05) is 48.9 Å². The summed E-state index contributed by atoms with van der Waals surface area (Å²) < 4.78 is 4.22. The van der Waals surface area contributed by atoms with Crippen LogP contribution in [0.3, 0.4) is 0 Å². The number of amides is 1. The summed E-state index contributed by atoms with van der Waals surface area (Å²) in [6, 6.07) is 12.8. The minimum absolute atomic E-state index is 0.0105. The molecule has 28 heavy (non-hydrogen) atoms. The molecule has 0 atom stereocenters. The first-order valence-electron chi connectivity index (χ1n) is 9.73. The fraction of sp³-hybridized carbons (Fsp3) is 0.304. The Morgan fingerprint density at radius 3 is 2.71 bits per heavy atom. The van der Waals surface area contributed by atoms with Crippen LogP contribution in [0.25, 0.3) is 11.8 Å². The zero-order valence-corrected chi connectivity index (χ0v) is 16.7. The number of carbonyl (C=O) groups is 1. The van der Waals surface area contributed by atoms with E-state index in [-0.39, 0.29) is 5.91 Å². The van der Waals surface area contributed by atoms with Crippen LogP contribution < -0.4 is 0 Å². The standard InChI is InChI=1S/C23H26N4O/c1-17-13-20(18(2)27(17)22-10-11-22)9-12-23(28)25(3)15-19-14-24-26(16-19)21-7-5-4-6-8-21/h4-9,12-14,16,22H,10-11,15H2,1-3H3/b12-9+. The summed E-state index contributed by atoms with van der Waals surface area (Å²) in [5.41, 5.74) is 5.65. The van der Waals surface area contributed by atoms with E-state index >= 15 is 0 Å². The third-order valence-corrected chi connectivity index (χ3v) is 5.29. The smallest absolute Gasteiger partial charge is 0.246 e. The number of likely N-dealkylation sites (N-methyl/N-ethyl adjacent to an activating group) is 1. The second-order valence-electron chi connectivity index (χ2n) is 7.58. The lowest BCUT2D eigenvalue weighted by atomic mass is 10.2. The van der Waals surface area contributed by atoms with Gasteiger partial charge in [-0.3, -0.25) is 4.79 Å². The normalized spacial score (nSPS) is 14.0. The molecule has 3 aromatic rings. The molecule has 1 aliphatic rings. The first-order valence-corrected chi connectivity index (χ1v) is 9.73. The lowest BCUT2D eigenvalue weighted by Gasteiger charge is -2.13. The number of rotatable bonds is 6. The van der Waals surface area contributed by atoms with E-state index < -0.39 is 0 Å². The first-order chi connectivity index (χ1) is 13.5. The maximum Gasteiger partial charge on any atom is 0.246 e. The number of carbonyl (C=O) groups excluding carboxylic acids is 1. The largest absolute Gasteiger partial charge is 0.346 e. The minimum atomic E-state index is -0.0105. The average molecular weight is 374 g/mol. The highest BCUT2D eigenvalue weighted by Crippen LogP contribution is 2.38. The second-order valence-corrected chi connectivity index (χ2v) is 7.58. The van der Waals surface area contributed by atoms with Crippen molar-refractivity contribution in [2.45, 2.75) is 39.3 Å². The molecule has 1 amide bonds. The monoisotopic (exact) mass is 374 g/mol. The van der Waals surface area contributed by atoms with Crippen LogP contribution in [-0.4, -0.2) is 32.2 Å². The van der Waals surface area contributed by atoms with Gasteiger partial charge >= 0.3 is 0 Å². The Kier molecular flexibility index (Phi) is 4.90. The van der Waals surface area contributed by atoms with E-state index in [1.165, 1.54) is 24.2 Å². The zero-order chi connectivity index (χ0) is 19.7. The molecule has 4 rings (SSSR count). The fourth-order valence-corrected chi connectivity index (χ4v) is 3.67. The van der Waals surface area contributed by atoms with Crippen molar-refractivity contribution in [2.24, 2.45) is 0 Å². The van der Waals surface area contributed by atoms with Gasteiger partial charge in [0.2, 0.25) is 5.91 Å². The van der Waals surface area contributed by atoms with Gasteiger partial charge in [-0.1, -0.05) is 18.2 Å². The Balaban J connectivity index is 1.41. The molecule has 1 saturated carbocycles. The third-order valence-electron chi connectivity index (χ3n) is 5.29. The molecule has 5 heteroatoms. The Morgan fingerprint density at radius 1 is 1.25 bits per heavy atom. The van der Waals surface area contributed by atoms with E-state index in [2.05, 4.69) is 29.6 Å². The quantitative estimate of drug-likeness (QED) is 0.604. The summed E-state index contributed by atoms with van der Waals surface area (Å²) in [5.74, 6) is -0.0105. The number of benzene rings is 1. The maximum absolute atomic E-state index is 12.6. The molecule has 0 saturated heterocycles. The van der Waals surface area contributed by atoms with Crippen molar-refractivity contribution < 1.29 is 4.79 Å². The highest BCUT2D eigenvalue weighted by atomic mass is 16.2. The van der Waals surface area contributed by atoms with Crippen molar-refractivity contribution in [3.05, 3.63) is 77.4 Å². The van der Waals surface area contributed by atoms with E-state index in [1.54, 1.807) is 11.0 Å². The summed E-state index contributed by atoms with van der Waals surface area (Å²) in [6.45, 7) is 4.80. The van der Waals surface area contributed by atoms with Crippen molar-refractivity contribution in [3.63, 3.8) is 0 Å². The number of hydrogen-bond acceptors (Lipinski definition) is 2. The Labute approximate surface area is 165 Å². The molecular formula is C23H26N4O. The van der Waals surface area contributed by atoms with E-state index in [0.717, 1.165) is 16.8 Å². The van der Waals surface area contributed by atoms with E-state index in [1.807, 2.05) is 60.5 Å². The predicted octanol–water partition coefficient (Wildman–Crippen LogP) is 4.30. The maximum atomic E-state index is 12.6. The first kappa shape index (κ1) is 18.3.